The van der Waals surface area contributed by atoms with Crippen LogP contribution in [0.3, 0.4) is 0 Å². The van der Waals surface area contributed by atoms with Gasteiger partial charge in [-0.15, -0.1) is 0 Å². The van der Waals surface area contributed by atoms with Gasteiger partial charge in [0.1, 0.15) is 0 Å². The third-order valence-corrected chi connectivity index (χ3v) is 7.25. The van der Waals surface area contributed by atoms with Gasteiger partial charge in [0.05, 0.1) is 23.0 Å². The van der Waals surface area contributed by atoms with Crippen LogP contribution < -0.4 is 15.5 Å². The Hall–Kier alpha value is -3.90. The number of nitrogens with one attached hydrogen (secondary N) is 2. The molecule has 3 amide bonds. The zero-order valence-corrected chi connectivity index (χ0v) is 20.9. The lowest BCUT2D eigenvalue weighted by molar-refractivity contribution is -0.117. The fraction of sp³-hybridized carbons (Fsp3) is 0.429. The first-order chi connectivity index (χ1) is 18.0. The van der Waals surface area contributed by atoms with E-state index in [1.165, 1.54) is 0 Å². The molecule has 1 aliphatic carbocycles. The highest BCUT2D eigenvalue weighted by Gasteiger charge is 2.31. The molecular formula is C28H32N6O3. The number of nitriles is 1. The summed E-state index contributed by atoms with van der Waals surface area (Å²) in [7, 11) is 0. The molecule has 3 fully saturated rings. The second kappa shape index (κ2) is 11.0. The van der Waals surface area contributed by atoms with E-state index in [2.05, 4.69) is 21.6 Å². The van der Waals surface area contributed by atoms with Crippen LogP contribution in [-0.2, 0) is 4.79 Å². The van der Waals surface area contributed by atoms with Gasteiger partial charge in [-0.05, 0) is 68.3 Å². The topological polar surface area (TPSA) is 109 Å². The normalized spacial score (nSPS) is 18.1. The van der Waals surface area contributed by atoms with Crippen molar-refractivity contribution in [2.75, 3.05) is 62.6 Å². The van der Waals surface area contributed by atoms with Crippen molar-refractivity contribution in [3.8, 4) is 6.07 Å². The van der Waals surface area contributed by atoms with E-state index >= 15 is 0 Å². The average molecular weight is 501 g/mol. The summed E-state index contributed by atoms with van der Waals surface area (Å²) in [5.41, 5.74) is 3.19. The Morgan fingerprint density at radius 2 is 1.51 bits per heavy atom. The Morgan fingerprint density at radius 1 is 0.838 bits per heavy atom. The monoisotopic (exact) mass is 500 g/mol. The molecule has 0 aromatic heterocycles. The van der Waals surface area contributed by atoms with E-state index in [0.29, 0.717) is 61.6 Å². The predicted molar refractivity (Wildman–Crippen MR) is 140 cm³/mol. The number of nitrogens with zero attached hydrogens (tertiary/aromatic N) is 4. The van der Waals surface area contributed by atoms with Crippen molar-refractivity contribution < 1.29 is 14.4 Å². The molecule has 2 saturated heterocycles. The Kier molecular flexibility index (Phi) is 7.37. The molecule has 0 spiro atoms. The minimum Gasteiger partial charge on any atom is -0.366 e. The quantitative estimate of drug-likeness (QED) is 0.652. The lowest BCUT2D eigenvalue weighted by atomic mass is 10.1. The van der Waals surface area contributed by atoms with Gasteiger partial charge in [0.2, 0.25) is 5.91 Å². The van der Waals surface area contributed by atoms with Crippen molar-refractivity contribution in [3.63, 3.8) is 0 Å². The van der Waals surface area contributed by atoms with Gasteiger partial charge in [-0.2, -0.15) is 5.26 Å². The summed E-state index contributed by atoms with van der Waals surface area (Å²) in [5.74, 6) is -0.0282. The number of carbonyl (C=O) groups is 3. The van der Waals surface area contributed by atoms with Gasteiger partial charge in [0, 0.05) is 62.9 Å². The van der Waals surface area contributed by atoms with Gasteiger partial charge in [-0.1, -0.05) is 0 Å². The van der Waals surface area contributed by atoms with Crippen molar-refractivity contribution in [2.45, 2.75) is 19.3 Å². The van der Waals surface area contributed by atoms with Crippen LogP contribution in [0.2, 0.25) is 0 Å². The van der Waals surface area contributed by atoms with Crippen LogP contribution in [0.25, 0.3) is 0 Å². The number of piperazine rings is 1. The van der Waals surface area contributed by atoms with Crippen LogP contribution in [-0.4, -0.2) is 79.9 Å². The van der Waals surface area contributed by atoms with E-state index in [9.17, 15) is 14.4 Å². The van der Waals surface area contributed by atoms with Gasteiger partial charge in [0.25, 0.3) is 11.8 Å². The number of hydrogen-bond donors (Lipinski definition) is 2. The molecule has 0 bridgehead atoms. The third-order valence-electron chi connectivity index (χ3n) is 7.25. The van der Waals surface area contributed by atoms with E-state index in [0.717, 1.165) is 38.0 Å². The van der Waals surface area contributed by atoms with Gasteiger partial charge < -0.3 is 25.3 Å². The van der Waals surface area contributed by atoms with Crippen LogP contribution >= 0.6 is 0 Å². The molecule has 2 aromatic rings. The summed E-state index contributed by atoms with van der Waals surface area (Å²) in [5, 5.41) is 15.4. The standard InChI is InChI=1S/C28H32N6O3/c29-19-20-2-4-22(5-3-20)27(36)34-16-14-32(15-17-34)25-9-8-23(18-24(25)31-26(35)21-6-7-21)28(37)33-12-1-10-30-11-13-33/h2-5,8-9,18,21,30H,1,6-7,10-17H2,(H,31,35). The van der Waals surface area contributed by atoms with Crippen LogP contribution in [0, 0.1) is 17.2 Å². The lowest BCUT2D eigenvalue weighted by Crippen LogP contribution is -2.49. The summed E-state index contributed by atoms with van der Waals surface area (Å²) in [6.45, 7) is 5.36. The highest BCUT2D eigenvalue weighted by molar-refractivity contribution is 6.01. The maximum Gasteiger partial charge on any atom is 0.253 e. The van der Waals surface area contributed by atoms with Crippen molar-refractivity contribution in [1.29, 1.82) is 5.26 Å². The second-order valence-electron chi connectivity index (χ2n) is 9.86. The van der Waals surface area contributed by atoms with Crippen molar-refractivity contribution >= 4 is 29.1 Å². The molecule has 9 nitrogen and oxygen atoms in total. The summed E-state index contributed by atoms with van der Waals surface area (Å²) < 4.78 is 0. The molecule has 0 unspecified atom stereocenters. The molecule has 0 atom stereocenters. The molecule has 9 heteroatoms. The molecule has 3 aliphatic rings. The summed E-state index contributed by atoms with van der Waals surface area (Å²) in [6.07, 6.45) is 2.72. The molecule has 2 heterocycles. The largest absolute Gasteiger partial charge is 0.366 e. The molecule has 37 heavy (non-hydrogen) atoms. The maximum atomic E-state index is 13.2. The van der Waals surface area contributed by atoms with Crippen LogP contribution in [0.5, 0.6) is 0 Å². The molecule has 2 aliphatic heterocycles. The number of anilines is 2. The van der Waals surface area contributed by atoms with Crippen molar-refractivity contribution in [3.05, 3.63) is 59.2 Å². The fourth-order valence-corrected chi connectivity index (χ4v) is 4.88. The van der Waals surface area contributed by atoms with Gasteiger partial charge in [-0.25, -0.2) is 0 Å². The molecule has 2 aromatic carbocycles. The highest BCUT2D eigenvalue weighted by Crippen LogP contribution is 2.34. The number of amides is 3. The highest BCUT2D eigenvalue weighted by atomic mass is 16.2. The Balaban J connectivity index is 1.31. The Labute approximate surface area is 217 Å². The molecule has 1 saturated carbocycles. The van der Waals surface area contributed by atoms with Gasteiger partial charge in [0.15, 0.2) is 0 Å². The van der Waals surface area contributed by atoms with Gasteiger partial charge >= 0.3 is 0 Å². The predicted octanol–water partition coefficient (Wildman–Crippen LogP) is 2.30. The minimum atomic E-state index is -0.0562. The molecular weight excluding hydrogens is 468 g/mol. The minimum absolute atomic E-state index is 0.000508. The van der Waals surface area contributed by atoms with Crippen LogP contribution in [0.4, 0.5) is 11.4 Å². The molecule has 0 radical (unpaired) electrons. The summed E-state index contributed by atoms with van der Waals surface area (Å²) in [4.78, 5) is 44.7. The SMILES string of the molecule is N#Cc1ccc(C(=O)N2CCN(c3ccc(C(=O)N4CCCNCC4)cc3NC(=O)C3CC3)CC2)cc1. The summed E-state index contributed by atoms with van der Waals surface area (Å²) >= 11 is 0. The first kappa shape index (κ1) is 24.8. The van der Waals surface area contributed by atoms with Crippen LogP contribution in [0.1, 0.15) is 45.5 Å². The number of carbonyl (C=O) groups excluding carboxylic acids is 3. The average Bonchev–Trinajstić information content (AvgIpc) is 3.80. The van der Waals surface area contributed by atoms with E-state index in [1.54, 1.807) is 24.3 Å². The van der Waals surface area contributed by atoms with E-state index < -0.39 is 0 Å². The van der Waals surface area contributed by atoms with E-state index in [4.69, 9.17) is 5.26 Å². The van der Waals surface area contributed by atoms with Crippen molar-refractivity contribution in [1.82, 2.24) is 15.1 Å². The first-order valence-electron chi connectivity index (χ1n) is 13.0. The van der Waals surface area contributed by atoms with E-state index in [1.807, 2.05) is 28.0 Å². The van der Waals surface area contributed by atoms with E-state index in [-0.39, 0.29) is 23.6 Å². The van der Waals surface area contributed by atoms with Crippen molar-refractivity contribution in [2.24, 2.45) is 5.92 Å². The summed E-state index contributed by atoms with van der Waals surface area (Å²) in [6, 6.07) is 14.3. The first-order valence-corrected chi connectivity index (χ1v) is 13.0. The molecule has 192 valence electrons. The Morgan fingerprint density at radius 3 is 2.22 bits per heavy atom. The molecule has 2 N–H and O–H groups in total. The fourth-order valence-electron chi connectivity index (χ4n) is 4.88. The number of hydrogen-bond acceptors (Lipinski definition) is 6. The van der Waals surface area contributed by atoms with Gasteiger partial charge in [-0.3, -0.25) is 14.4 Å². The maximum absolute atomic E-state index is 13.2. The zero-order valence-electron chi connectivity index (χ0n) is 20.9. The smallest absolute Gasteiger partial charge is 0.253 e. The number of benzene rings is 2. The van der Waals surface area contributed by atoms with Crippen LogP contribution in [0.15, 0.2) is 42.5 Å². The zero-order chi connectivity index (χ0) is 25.8. The number of rotatable bonds is 5. The molecule has 5 rings (SSSR count). The third kappa shape index (κ3) is 5.75. The second-order valence-corrected chi connectivity index (χ2v) is 9.86. The lowest BCUT2D eigenvalue weighted by Gasteiger charge is -2.37. The Bertz CT molecular complexity index is 1200.